The van der Waals surface area contributed by atoms with Crippen molar-refractivity contribution >= 4 is 21.9 Å². The molecule has 0 amide bonds. The molecule has 0 radical (unpaired) electrons. The van der Waals surface area contributed by atoms with Gasteiger partial charge < -0.3 is 0 Å². The van der Waals surface area contributed by atoms with E-state index in [1.165, 1.54) is 33.5 Å². The molecule has 0 fully saturated rings. The van der Waals surface area contributed by atoms with Crippen molar-refractivity contribution in [3.63, 3.8) is 0 Å². The molecular weight excluding hydrogens is 536 g/mol. The lowest BCUT2D eigenvalue weighted by atomic mass is 9.73. The number of nitrogens with zero attached hydrogens (tertiary/aromatic N) is 4. The smallest absolute Gasteiger partial charge is 0.161 e. The second-order valence-corrected chi connectivity index (χ2v) is 11.6. The quantitative estimate of drug-likeness (QED) is 0.212. The first-order valence-electron chi connectivity index (χ1n) is 15.0. The van der Waals surface area contributed by atoms with Crippen LogP contribution in [0.4, 0.5) is 0 Å². The third-order valence-electron chi connectivity index (χ3n) is 9.41. The molecule has 0 N–H and O–H groups in total. The van der Waals surface area contributed by atoms with Crippen LogP contribution in [0.3, 0.4) is 0 Å². The fourth-order valence-corrected chi connectivity index (χ4v) is 7.69. The lowest BCUT2D eigenvalue weighted by Gasteiger charge is -2.27. The van der Waals surface area contributed by atoms with Gasteiger partial charge in [0.1, 0.15) is 11.2 Å². The van der Waals surface area contributed by atoms with Gasteiger partial charge in [-0.25, -0.2) is 15.0 Å². The molecule has 4 heteroatoms. The SMILES string of the molecule is c1ccc(-c2nc(-c3cccc4c3-c3ccccc3C43c4ccccc4-n4c3nc3ccccc34)nc3ccccc23)cc1. The van der Waals surface area contributed by atoms with Crippen LogP contribution < -0.4 is 0 Å². The monoisotopic (exact) mass is 560 g/mol. The maximum absolute atomic E-state index is 5.37. The van der Waals surface area contributed by atoms with E-state index in [0.29, 0.717) is 0 Å². The Morgan fingerprint density at radius 1 is 0.477 bits per heavy atom. The van der Waals surface area contributed by atoms with E-state index >= 15 is 0 Å². The number of para-hydroxylation sites is 4. The lowest BCUT2D eigenvalue weighted by Crippen LogP contribution is -2.27. The Morgan fingerprint density at radius 3 is 2.07 bits per heavy atom. The minimum absolute atomic E-state index is 0.559. The molecule has 204 valence electrons. The fourth-order valence-electron chi connectivity index (χ4n) is 7.69. The standard InChI is InChI=1S/C40H24N4/c1-2-13-25(14-3-1)37-27-16-5-8-21-32(27)41-38(43-37)28-17-12-20-31-36(28)26-15-4-6-18-29(26)40(31)30-19-7-10-23-34(30)44-35-24-11-9-22-33(35)42-39(40)44/h1-24H. The van der Waals surface area contributed by atoms with Crippen molar-refractivity contribution in [2.24, 2.45) is 0 Å². The van der Waals surface area contributed by atoms with Crippen LogP contribution in [0.15, 0.2) is 146 Å². The summed E-state index contributed by atoms with van der Waals surface area (Å²) in [5.41, 5.74) is 12.8. The Balaban J connectivity index is 1.33. The summed E-state index contributed by atoms with van der Waals surface area (Å²) >= 11 is 0. The van der Waals surface area contributed by atoms with Gasteiger partial charge in [-0.2, -0.15) is 0 Å². The van der Waals surface area contributed by atoms with Crippen LogP contribution in [0.25, 0.3) is 61.4 Å². The van der Waals surface area contributed by atoms with E-state index in [1.807, 2.05) is 12.1 Å². The highest BCUT2D eigenvalue weighted by molar-refractivity contribution is 5.99. The number of hydrogen-bond donors (Lipinski definition) is 0. The molecule has 3 heterocycles. The number of fused-ring (bicyclic) bond motifs is 13. The molecule has 44 heavy (non-hydrogen) atoms. The van der Waals surface area contributed by atoms with Crippen molar-refractivity contribution in [2.75, 3.05) is 0 Å². The van der Waals surface area contributed by atoms with Gasteiger partial charge in [-0.05, 0) is 52.1 Å². The highest BCUT2D eigenvalue weighted by Crippen LogP contribution is 2.61. The summed E-state index contributed by atoms with van der Waals surface area (Å²) in [4.78, 5) is 15.9. The van der Waals surface area contributed by atoms with Gasteiger partial charge >= 0.3 is 0 Å². The summed E-state index contributed by atoms with van der Waals surface area (Å²) < 4.78 is 2.36. The second-order valence-electron chi connectivity index (χ2n) is 11.6. The third-order valence-corrected chi connectivity index (χ3v) is 9.41. The molecule has 1 unspecified atom stereocenters. The maximum Gasteiger partial charge on any atom is 0.161 e. The Hall–Kier alpha value is -5.87. The van der Waals surface area contributed by atoms with Gasteiger partial charge in [0.15, 0.2) is 5.82 Å². The normalized spacial score (nSPS) is 15.8. The molecule has 0 bridgehead atoms. The zero-order valence-electron chi connectivity index (χ0n) is 23.6. The zero-order chi connectivity index (χ0) is 28.8. The Morgan fingerprint density at radius 2 is 1.16 bits per heavy atom. The average molecular weight is 561 g/mol. The molecule has 1 atom stereocenters. The van der Waals surface area contributed by atoms with Crippen molar-refractivity contribution in [3.8, 4) is 39.5 Å². The van der Waals surface area contributed by atoms with Gasteiger partial charge in [0.25, 0.3) is 0 Å². The molecule has 10 rings (SSSR count). The predicted octanol–water partition coefficient (Wildman–Crippen LogP) is 8.98. The van der Waals surface area contributed by atoms with E-state index in [9.17, 15) is 0 Å². The Labute approximate surface area is 254 Å². The summed E-state index contributed by atoms with van der Waals surface area (Å²) in [6, 6.07) is 51.4. The van der Waals surface area contributed by atoms with Crippen molar-refractivity contribution < 1.29 is 0 Å². The molecule has 2 aliphatic rings. The van der Waals surface area contributed by atoms with Crippen LogP contribution in [0.5, 0.6) is 0 Å². The fraction of sp³-hybridized carbons (Fsp3) is 0.0250. The van der Waals surface area contributed by atoms with Crippen LogP contribution in [-0.2, 0) is 5.41 Å². The van der Waals surface area contributed by atoms with Crippen LogP contribution in [0.1, 0.15) is 22.5 Å². The first-order valence-corrected chi connectivity index (χ1v) is 15.0. The summed E-state index contributed by atoms with van der Waals surface area (Å²) in [7, 11) is 0. The molecule has 8 aromatic rings. The molecular formula is C40H24N4. The van der Waals surface area contributed by atoms with Gasteiger partial charge in [-0.15, -0.1) is 0 Å². The highest BCUT2D eigenvalue weighted by atomic mass is 15.1. The Kier molecular flexibility index (Phi) is 4.62. The van der Waals surface area contributed by atoms with E-state index < -0.39 is 5.41 Å². The molecule has 1 aliphatic heterocycles. The first-order chi connectivity index (χ1) is 21.8. The van der Waals surface area contributed by atoms with E-state index in [4.69, 9.17) is 15.0 Å². The Bertz CT molecular complexity index is 2460. The van der Waals surface area contributed by atoms with Crippen LogP contribution in [-0.4, -0.2) is 19.5 Å². The number of aromatic nitrogens is 4. The van der Waals surface area contributed by atoms with Gasteiger partial charge in [0.05, 0.1) is 27.9 Å². The van der Waals surface area contributed by atoms with Gasteiger partial charge in [-0.1, -0.05) is 121 Å². The van der Waals surface area contributed by atoms with E-state index in [2.05, 4.69) is 138 Å². The largest absolute Gasteiger partial charge is 0.295 e. The minimum atomic E-state index is -0.559. The second kappa shape index (κ2) is 8.59. The predicted molar refractivity (Wildman–Crippen MR) is 176 cm³/mol. The molecule has 0 saturated heterocycles. The highest BCUT2D eigenvalue weighted by Gasteiger charge is 2.54. The summed E-state index contributed by atoms with van der Waals surface area (Å²) in [5, 5.41) is 1.05. The minimum Gasteiger partial charge on any atom is -0.295 e. The summed E-state index contributed by atoms with van der Waals surface area (Å²) in [6.45, 7) is 0. The topological polar surface area (TPSA) is 43.6 Å². The first kappa shape index (κ1) is 23.7. The number of imidazole rings is 1. The molecule has 1 spiro atoms. The molecule has 0 saturated carbocycles. The molecule has 1 aliphatic carbocycles. The van der Waals surface area contributed by atoms with Gasteiger partial charge in [0, 0.05) is 16.5 Å². The number of benzene rings is 6. The molecule has 6 aromatic carbocycles. The van der Waals surface area contributed by atoms with Crippen LogP contribution in [0.2, 0.25) is 0 Å². The van der Waals surface area contributed by atoms with Crippen molar-refractivity contribution in [1.82, 2.24) is 19.5 Å². The summed E-state index contributed by atoms with van der Waals surface area (Å²) in [5.74, 6) is 1.76. The van der Waals surface area contributed by atoms with Crippen molar-refractivity contribution in [3.05, 3.63) is 168 Å². The lowest BCUT2D eigenvalue weighted by molar-refractivity contribution is 0.738. The van der Waals surface area contributed by atoms with Gasteiger partial charge in [0.2, 0.25) is 0 Å². The van der Waals surface area contributed by atoms with Crippen LogP contribution in [0, 0.1) is 0 Å². The van der Waals surface area contributed by atoms with E-state index in [0.717, 1.165) is 50.4 Å². The summed E-state index contributed by atoms with van der Waals surface area (Å²) in [6.07, 6.45) is 0. The van der Waals surface area contributed by atoms with Gasteiger partial charge in [-0.3, -0.25) is 4.57 Å². The number of hydrogen-bond acceptors (Lipinski definition) is 3. The average Bonchev–Trinajstić information content (AvgIpc) is 3.72. The van der Waals surface area contributed by atoms with Crippen LogP contribution >= 0.6 is 0 Å². The van der Waals surface area contributed by atoms with Crippen molar-refractivity contribution in [2.45, 2.75) is 5.41 Å². The zero-order valence-corrected chi connectivity index (χ0v) is 23.6. The molecule has 4 nitrogen and oxygen atoms in total. The third kappa shape index (κ3) is 2.89. The maximum atomic E-state index is 5.37. The number of rotatable bonds is 2. The van der Waals surface area contributed by atoms with Crippen molar-refractivity contribution in [1.29, 1.82) is 0 Å². The molecule has 2 aromatic heterocycles. The van der Waals surface area contributed by atoms with E-state index in [1.54, 1.807) is 0 Å². The van der Waals surface area contributed by atoms with E-state index in [-0.39, 0.29) is 0 Å².